The van der Waals surface area contributed by atoms with E-state index in [4.69, 9.17) is 4.74 Å². The average molecular weight is 514 g/mol. The highest BCUT2D eigenvalue weighted by Crippen LogP contribution is 2.28. The molecule has 0 radical (unpaired) electrons. The van der Waals surface area contributed by atoms with Crippen molar-refractivity contribution in [1.29, 1.82) is 0 Å². The van der Waals surface area contributed by atoms with Crippen LogP contribution in [-0.2, 0) is 19.6 Å². The Labute approximate surface area is 212 Å². The summed E-state index contributed by atoms with van der Waals surface area (Å²) in [6, 6.07) is 10.5. The van der Waals surface area contributed by atoms with E-state index in [0.29, 0.717) is 37.6 Å². The predicted molar refractivity (Wildman–Crippen MR) is 138 cm³/mol. The summed E-state index contributed by atoms with van der Waals surface area (Å²) >= 11 is 1.14. The Hall–Kier alpha value is -2.48. The number of sulfonamides is 1. The number of rotatable bonds is 6. The Morgan fingerprint density at radius 3 is 2.57 bits per heavy atom. The molecule has 4 rings (SSSR count). The third-order valence-corrected chi connectivity index (χ3v) is 9.56. The normalized spacial score (nSPS) is 19.5. The molecule has 0 spiro atoms. The van der Waals surface area contributed by atoms with E-state index in [1.807, 2.05) is 43.3 Å². The Balaban J connectivity index is 1.59. The van der Waals surface area contributed by atoms with Crippen molar-refractivity contribution >= 4 is 27.3 Å². The van der Waals surface area contributed by atoms with Crippen LogP contribution in [0.25, 0.3) is 0 Å². The highest BCUT2D eigenvalue weighted by molar-refractivity contribution is 7.91. The zero-order chi connectivity index (χ0) is 24.8. The molecule has 2 aromatic rings. The molecule has 186 valence electrons. The van der Waals surface area contributed by atoms with Gasteiger partial charge in [-0.25, -0.2) is 8.42 Å². The maximum atomic E-state index is 13.8. The SMILES string of the molecule is Cc1ccc(C#Cc2ccc(S(=O)(=O)N(CCN3CCOCC3)C3CC=CCN(C)C3=O)s2)cc1. The van der Waals surface area contributed by atoms with E-state index in [1.165, 1.54) is 4.31 Å². The molecule has 1 aromatic carbocycles. The highest BCUT2D eigenvalue weighted by atomic mass is 32.2. The summed E-state index contributed by atoms with van der Waals surface area (Å²) in [6.07, 6.45) is 4.17. The minimum absolute atomic E-state index is 0.184. The van der Waals surface area contributed by atoms with Crippen molar-refractivity contribution in [2.45, 2.75) is 23.6 Å². The number of ether oxygens (including phenoxy) is 1. The number of carbonyl (C=O) groups is 1. The molecule has 1 saturated heterocycles. The molecule has 3 heterocycles. The molecule has 0 saturated carbocycles. The summed E-state index contributed by atoms with van der Waals surface area (Å²) in [5, 5.41) is 0. The second-order valence-electron chi connectivity index (χ2n) is 8.75. The van der Waals surface area contributed by atoms with Crippen molar-refractivity contribution in [1.82, 2.24) is 14.1 Å². The molecular formula is C26H31N3O4S2. The molecule has 0 N–H and O–H groups in total. The second kappa shape index (κ2) is 11.5. The molecule has 0 bridgehead atoms. The fourth-order valence-corrected chi connectivity index (χ4v) is 6.94. The third-order valence-electron chi connectivity index (χ3n) is 6.18. The first-order valence-corrected chi connectivity index (χ1v) is 14.0. The molecule has 1 unspecified atom stereocenters. The van der Waals surface area contributed by atoms with E-state index in [2.05, 4.69) is 16.7 Å². The number of hydrogen-bond donors (Lipinski definition) is 0. The minimum Gasteiger partial charge on any atom is -0.379 e. The van der Waals surface area contributed by atoms with Crippen molar-refractivity contribution in [3.8, 4) is 11.8 Å². The number of likely N-dealkylation sites (N-methyl/N-ethyl adjacent to an activating group) is 1. The quantitative estimate of drug-likeness (QED) is 0.439. The fraction of sp³-hybridized carbons (Fsp3) is 0.423. The van der Waals surface area contributed by atoms with Gasteiger partial charge in [-0.3, -0.25) is 9.69 Å². The van der Waals surface area contributed by atoms with Crippen LogP contribution in [0.1, 0.15) is 22.4 Å². The molecule has 35 heavy (non-hydrogen) atoms. The monoisotopic (exact) mass is 513 g/mol. The summed E-state index contributed by atoms with van der Waals surface area (Å²) in [5.74, 6) is 5.99. The number of benzene rings is 1. The van der Waals surface area contributed by atoms with Gasteiger partial charge in [-0.2, -0.15) is 4.31 Å². The lowest BCUT2D eigenvalue weighted by atomic mass is 10.1. The van der Waals surface area contributed by atoms with Gasteiger partial charge < -0.3 is 9.64 Å². The molecule has 1 amide bonds. The van der Waals surface area contributed by atoms with Gasteiger partial charge in [-0.05, 0) is 37.6 Å². The van der Waals surface area contributed by atoms with E-state index in [9.17, 15) is 13.2 Å². The van der Waals surface area contributed by atoms with Crippen LogP contribution in [0, 0.1) is 18.8 Å². The fourth-order valence-electron chi connectivity index (χ4n) is 4.06. The van der Waals surface area contributed by atoms with E-state index in [0.717, 1.165) is 35.6 Å². The number of hydrogen-bond acceptors (Lipinski definition) is 6. The zero-order valence-electron chi connectivity index (χ0n) is 20.1. The molecule has 0 aliphatic carbocycles. The van der Waals surface area contributed by atoms with Crippen molar-refractivity contribution in [2.75, 3.05) is 53.0 Å². The van der Waals surface area contributed by atoms with Gasteiger partial charge in [0, 0.05) is 45.3 Å². The van der Waals surface area contributed by atoms with Crippen LogP contribution in [0.3, 0.4) is 0 Å². The predicted octanol–water partition coefficient (Wildman–Crippen LogP) is 2.57. The Morgan fingerprint density at radius 1 is 1.09 bits per heavy atom. The average Bonchev–Trinajstić information content (AvgIpc) is 3.29. The number of thiophene rings is 1. The minimum atomic E-state index is -3.90. The van der Waals surface area contributed by atoms with Gasteiger partial charge in [-0.15, -0.1) is 11.3 Å². The topological polar surface area (TPSA) is 70.2 Å². The molecule has 1 atom stereocenters. The molecule has 2 aliphatic heterocycles. The molecule has 9 heteroatoms. The Kier molecular flexibility index (Phi) is 8.42. The van der Waals surface area contributed by atoms with Crippen LogP contribution in [0.15, 0.2) is 52.8 Å². The summed E-state index contributed by atoms with van der Waals surface area (Å²) in [4.78, 5) is 17.6. The summed E-state index contributed by atoms with van der Waals surface area (Å²) in [5.41, 5.74) is 2.03. The van der Waals surface area contributed by atoms with Crippen LogP contribution >= 0.6 is 11.3 Å². The first kappa shape index (κ1) is 25.6. The van der Waals surface area contributed by atoms with Gasteiger partial charge in [0.1, 0.15) is 10.3 Å². The van der Waals surface area contributed by atoms with Crippen LogP contribution in [0.4, 0.5) is 0 Å². The molecule has 2 aliphatic rings. The summed E-state index contributed by atoms with van der Waals surface area (Å²) in [7, 11) is -2.19. The molecule has 1 aromatic heterocycles. The Bertz CT molecular complexity index is 1220. The van der Waals surface area contributed by atoms with E-state index >= 15 is 0 Å². The van der Waals surface area contributed by atoms with Crippen LogP contribution < -0.4 is 0 Å². The summed E-state index contributed by atoms with van der Waals surface area (Å²) < 4.78 is 34.7. The number of morpholine rings is 1. The smallest absolute Gasteiger partial charge is 0.253 e. The van der Waals surface area contributed by atoms with Gasteiger partial charge in [0.25, 0.3) is 10.0 Å². The van der Waals surface area contributed by atoms with Crippen molar-refractivity contribution in [3.05, 3.63) is 64.6 Å². The lowest BCUT2D eigenvalue weighted by Gasteiger charge is -2.33. The third kappa shape index (κ3) is 6.40. The summed E-state index contributed by atoms with van der Waals surface area (Å²) in [6.45, 7) is 6.06. The van der Waals surface area contributed by atoms with Crippen LogP contribution in [0.5, 0.6) is 0 Å². The maximum Gasteiger partial charge on any atom is 0.253 e. The van der Waals surface area contributed by atoms with Gasteiger partial charge in [-0.1, -0.05) is 41.7 Å². The van der Waals surface area contributed by atoms with E-state index in [1.54, 1.807) is 24.1 Å². The Morgan fingerprint density at radius 2 is 1.83 bits per heavy atom. The largest absolute Gasteiger partial charge is 0.379 e. The van der Waals surface area contributed by atoms with Crippen molar-refractivity contribution in [2.24, 2.45) is 0 Å². The lowest BCUT2D eigenvalue weighted by molar-refractivity contribution is -0.133. The van der Waals surface area contributed by atoms with Crippen molar-refractivity contribution in [3.63, 3.8) is 0 Å². The number of aryl methyl sites for hydroxylation is 1. The maximum absolute atomic E-state index is 13.8. The van der Waals surface area contributed by atoms with Gasteiger partial charge in [0.05, 0.1) is 18.1 Å². The van der Waals surface area contributed by atoms with Crippen LogP contribution in [0.2, 0.25) is 0 Å². The van der Waals surface area contributed by atoms with E-state index in [-0.39, 0.29) is 16.7 Å². The highest BCUT2D eigenvalue weighted by Gasteiger charge is 2.38. The number of amides is 1. The lowest BCUT2D eigenvalue weighted by Crippen LogP contribution is -2.52. The second-order valence-corrected chi connectivity index (χ2v) is 11.9. The first-order valence-electron chi connectivity index (χ1n) is 11.7. The van der Waals surface area contributed by atoms with Crippen LogP contribution in [-0.4, -0.2) is 87.5 Å². The zero-order valence-corrected chi connectivity index (χ0v) is 21.8. The van der Waals surface area contributed by atoms with Gasteiger partial charge in [0.15, 0.2) is 0 Å². The molecule has 1 fully saturated rings. The van der Waals surface area contributed by atoms with E-state index < -0.39 is 16.1 Å². The number of nitrogens with zero attached hydrogens (tertiary/aromatic N) is 3. The molecular weight excluding hydrogens is 482 g/mol. The first-order chi connectivity index (χ1) is 16.8. The van der Waals surface area contributed by atoms with Crippen molar-refractivity contribution < 1.29 is 17.9 Å². The standard InChI is InChI=1S/C26H31N3O4S2/c1-21-6-8-22(9-7-21)10-11-23-12-13-25(34-23)35(31,32)29(16-15-28-17-19-33-20-18-28)24-5-3-4-14-27(2)26(24)30/h3-4,6-9,12-13,24H,5,14-20H2,1-2H3. The molecule has 7 nitrogen and oxygen atoms in total. The number of carbonyl (C=O) groups excluding carboxylic acids is 1. The van der Waals surface area contributed by atoms with Gasteiger partial charge >= 0.3 is 0 Å². The van der Waals surface area contributed by atoms with Gasteiger partial charge in [0.2, 0.25) is 5.91 Å².